The van der Waals surface area contributed by atoms with Crippen LogP contribution in [-0.2, 0) is 0 Å². The first-order valence-corrected chi connectivity index (χ1v) is 8.82. The first-order chi connectivity index (χ1) is 12.5. The zero-order valence-electron chi connectivity index (χ0n) is 15.9. The van der Waals surface area contributed by atoms with Crippen LogP contribution in [-0.4, -0.2) is 32.3 Å². The summed E-state index contributed by atoms with van der Waals surface area (Å²) in [5.41, 5.74) is 1.70. The minimum atomic E-state index is -0.144. The number of ether oxygens (including phenoxy) is 3. The first-order valence-electron chi connectivity index (χ1n) is 8.82. The average molecular weight is 357 g/mol. The second kappa shape index (κ2) is 9.70. The van der Waals surface area contributed by atoms with Crippen molar-refractivity contribution in [2.75, 3.05) is 20.3 Å². The zero-order chi connectivity index (χ0) is 18.9. The quantitative estimate of drug-likeness (QED) is 0.690. The van der Waals surface area contributed by atoms with Gasteiger partial charge in [0.2, 0.25) is 0 Å². The number of methoxy groups -OCH3 is 1. The fraction of sp³-hybridized carbons (Fsp3) is 0.381. The molecule has 0 saturated heterocycles. The number of hydrogen-bond acceptors (Lipinski definition) is 4. The SMILES string of the molecule is COc1cc(C(=O)NCCCOc2cccc(C)c2)ccc1OC(C)C. The third-order valence-electron chi connectivity index (χ3n) is 3.65. The fourth-order valence-electron chi connectivity index (χ4n) is 2.43. The van der Waals surface area contributed by atoms with E-state index in [1.807, 2.05) is 45.0 Å². The van der Waals surface area contributed by atoms with E-state index in [9.17, 15) is 4.79 Å². The Morgan fingerprint density at radius 2 is 1.92 bits per heavy atom. The van der Waals surface area contributed by atoms with E-state index in [1.54, 1.807) is 25.3 Å². The van der Waals surface area contributed by atoms with Crippen molar-refractivity contribution in [3.63, 3.8) is 0 Å². The summed E-state index contributed by atoms with van der Waals surface area (Å²) >= 11 is 0. The largest absolute Gasteiger partial charge is 0.494 e. The second-order valence-electron chi connectivity index (χ2n) is 6.31. The first kappa shape index (κ1) is 19.6. The summed E-state index contributed by atoms with van der Waals surface area (Å²) in [4.78, 5) is 12.3. The standard InChI is InChI=1S/C21H27NO4/c1-15(2)26-19-10-9-17(14-20(19)24-4)21(23)22-11-6-12-25-18-8-5-7-16(3)13-18/h5,7-10,13-15H,6,11-12H2,1-4H3,(H,22,23). The molecule has 2 aromatic rings. The maximum atomic E-state index is 12.3. The summed E-state index contributed by atoms with van der Waals surface area (Å²) in [6, 6.07) is 13.1. The van der Waals surface area contributed by atoms with Gasteiger partial charge in [0, 0.05) is 12.1 Å². The van der Waals surface area contributed by atoms with Crippen LogP contribution in [0.15, 0.2) is 42.5 Å². The molecule has 0 fully saturated rings. The van der Waals surface area contributed by atoms with E-state index in [1.165, 1.54) is 0 Å². The van der Waals surface area contributed by atoms with E-state index < -0.39 is 0 Å². The zero-order valence-corrected chi connectivity index (χ0v) is 15.9. The lowest BCUT2D eigenvalue weighted by Gasteiger charge is -2.14. The van der Waals surface area contributed by atoms with Gasteiger partial charge in [-0.15, -0.1) is 0 Å². The van der Waals surface area contributed by atoms with Crippen LogP contribution in [0.5, 0.6) is 17.2 Å². The summed E-state index contributed by atoms with van der Waals surface area (Å²) in [6.07, 6.45) is 0.766. The Kier molecular flexibility index (Phi) is 7.33. The number of rotatable bonds is 9. The van der Waals surface area contributed by atoms with Crippen LogP contribution >= 0.6 is 0 Å². The normalized spacial score (nSPS) is 10.5. The van der Waals surface area contributed by atoms with Gasteiger partial charge >= 0.3 is 0 Å². The van der Waals surface area contributed by atoms with Crippen LogP contribution < -0.4 is 19.5 Å². The highest BCUT2D eigenvalue weighted by Gasteiger charge is 2.11. The molecule has 0 aromatic heterocycles. The molecule has 1 amide bonds. The van der Waals surface area contributed by atoms with E-state index in [0.717, 1.165) is 17.7 Å². The molecule has 1 N–H and O–H groups in total. The Balaban J connectivity index is 1.80. The third-order valence-corrected chi connectivity index (χ3v) is 3.65. The van der Waals surface area contributed by atoms with Crippen LogP contribution in [0.1, 0.15) is 36.2 Å². The van der Waals surface area contributed by atoms with Crippen molar-refractivity contribution in [1.82, 2.24) is 5.32 Å². The minimum Gasteiger partial charge on any atom is -0.494 e. The van der Waals surface area contributed by atoms with E-state index in [4.69, 9.17) is 14.2 Å². The predicted octanol–water partition coefficient (Wildman–Crippen LogP) is 3.99. The molecular formula is C21H27NO4. The summed E-state index contributed by atoms with van der Waals surface area (Å²) < 4.78 is 16.7. The Morgan fingerprint density at radius 3 is 2.62 bits per heavy atom. The summed E-state index contributed by atoms with van der Waals surface area (Å²) in [5.74, 6) is 1.89. The van der Waals surface area contributed by atoms with Gasteiger partial charge in [-0.3, -0.25) is 4.79 Å². The minimum absolute atomic E-state index is 0.0389. The molecule has 0 aliphatic carbocycles. The van der Waals surface area contributed by atoms with E-state index in [-0.39, 0.29) is 12.0 Å². The lowest BCUT2D eigenvalue weighted by molar-refractivity contribution is 0.0951. The van der Waals surface area contributed by atoms with Crippen LogP contribution in [0.3, 0.4) is 0 Å². The Labute approximate surface area is 155 Å². The lowest BCUT2D eigenvalue weighted by Crippen LogP contribution is -2.25. The number of carbonyl (C=O) groups excluding carboxylic acids is 1. The number of aryl methyl sites for hydroxylation is 1. The van der Waals surface area contributed by atoms with Crippen LogP contribution in [0, 0.1) is 6.92 Å². The molecule has 140 valence electrons. The summed E-state index contributed by atoms with van der Waals surface area (Å²) in [6.45, 7) is 7.00. The molecule has 0 unspecified atom stereocenters. The summed E-state index contributed by atoms with van der Waals surface area (Å²) in [7, 11) is 1.56. The number of carbonyl (C=O) groups is 1. The molecular weight excluding hydrogens is 330 g/mol. The molecule has 0 spiro atoms. The predicted molar refractivity (Wildman–Crippen MR) is 102 cm³/mol. The highest BCUT2D eigenvalue weighted by atomic mass is 16.5. The number of nitrogens with one attached hydrogen (secondary N) is 1. The van der Waals surface area contributed by atoms with Gasteiger partial charge in [-0.25, -0.2) is 0 Å². The lowest BCUT2D eigenvalue weighted by atomic mass is 10.2. The Morgan fingerprint density at radius 1 is 1.12 bits per heavy atom. The summed E-state index contributed by atoms with van der Waals surface area (Å²) in [5, 5.41) is 2.89. The van der Waals surface area contributed by atoms with E-state index in [0.29, 0.717) is 30.2 Å². The van der Waals surface area contributed by atoms with Crippen LogP contribution in [0.2, 0.25) is 0 Å². The molecule has 0 bridgehead atoms. The molecule has 0 saturated carbocycles. The Bertz CT molecular complexity index is 728. The monoisotopic (exact) mass is 357 g/mol. The van der Waals surface area contributed by atoms with Gasteiger partial charge in [0.15, 0.2) is 11.5 Å². The van der Waals surface area contributed by atoms with Gasteiger partial charge in [-0.1, -0.05) is 12.1 Å². The van der Waals surface area contributed by atoms with Gasteiger partial charge in [0.1, 0.15) is 5.75 Å². The molecule has 0 aliphatic rings. The molecule has 0 heterocycles. The van der Waals surface area contributed by atoms with Crippen molar-refractivity contribution in [3.05, 3.63) is 53.6 Å². The maximum Gasteiger partial charge on any atom is 0.251 e. The molecule has 2 aromatic carbocycles. The van der Waals surface area contributed by atoms with E-state index >= 15 is 0 Å². The molecule has 5 heteroatoms. The average Bonchev–Trinajstić information content (AvgIpc) is 2.61. The Hall–Kier alpha value is -2.69. The van der Waals surface area contributed by atoms with Crippen molar-refractivity contribution < 1.29 is 19.0 Å². The molecule has 5 nitrogen and oxygen atoms in total. The topological polar surface area (TPSA) is 56.8 Å². The highest BCUT2D eigenvalue weighted by Crippen LogP contribution is 2.28. The van der Waals surface area contributed by atoms with Gasteiger partial charge in [-0.2, -0.15) is 0 Å². The number of hydrogen-bond donors (Lipinski definition) is 1. The smallest absolute Gasteiger partial charge is 0.251 e. The number of amides is 1. The van der Waals surface area contributed by atoms with Crippen LogP contribution in [0.4, 0.5) is 0 Å². The van der Waals surface area contributed by atoms with Crippen LogP contribution in [0.25, 0.3) is 0 Å². The molecule has 0 atom stereocenters. The molecule has 2 rings (SSSR count). The fourth-order valence-corrected chi connectivity index (χ4v) is 2.43. The van der Waals surface area contributed by atoms with Crippen molar-refractivity contribution in [2.45, 2.75) is 33.3 Å². The number of benzene rings is 2. The van der Waals surface area contributed by atoms with Gasteiger partial charge in [0.25, 0.3) is 5.91 Å². The van der Waals surface area contributed by atoms with Crippen molar-refractivity contribution in [2.24, 2.45) is 0 Å². The molecule has 0 aliphatic heterocycles. The maximum absolute atomic E-state index is 12.3. The van der Waals surface area contributed by atoms with E-state index in [2.05, 4.69) is 5.32 Å². The van der Waals surface area contributed by atoms with Gasteiger partial charge in [0.05, 0.1) is 19.8 Å². The second-order valence-corrected chi connectivity index (χ2v) is 6.31. The molecule has 26 heavy (non-hydrogen) atoms. The highest BCUT2D eigenvalue weighted by molar-refractivity contribution is 5.94. The van der Waals surface area contributed by atoms with Crippen molar-refractivity contribution in [1.29, 1.82) is 0 Å². The third kappa shape index (κ3) is 5.99. The molecule has 0 radical (unpaired) electrons. The van der Waals surface area contributed by atoms with Gasteiger partial charge in [-0.05, 0) is 63.1 Å². The van der Waals surface area contributed by atoms with Gasteiger partial charge < -0.3 is 19.5 Å². The van der Waals surface area contributed by atoms with Crippen molar-refractivity contribution >= 4 is 5.91 Å². The van der Waals surface area contributed by atoms with Crippen molar-refractivity contribution in [3.8, 4) is 17.2 Å².